The molecule has 8 heteroatoms. The van der Waals surface area contributed by atoms with E-state index >= 15 is 0 Å². The first-order valence-electron chi connectivity index (χ1n) is 9.46. The molecule has 3 atom stereocenters. The maximum atomic E-state index is 12.9. The largest absolute Gasteiger partial charge is 0.477 e. The van der Waals surface area contributed by atoms with E-state index in [1.807, 2.05) is 19.1 Å². The highest BCUT2D eigenvalue weighted by molar-refractivity contribution is 5.25. The minimum absolute atomic E-state index is 0.229. The molecule has 0 aliphatic heterocycles. The minimum Gasteiger partial charge on any atom is -0.477 e. The van der Waals surface area contributed by atoms with Crippen molar-refractivity contribution in [3.05, 3.63) is 59.3 Å². The first kappa shape index (κ1) is 21.5. The van der Waals surface area contributed by atoms with Crippen LogP contribution in [0.2, 0.25) is 0 Å². The van der Waals surface area contributed by atoms with Crippen molar-refractivity contribution < 1.29 is 28.1 Å². The van der Waals surface area contributed by atoms with Gasteiger partial charge in [0.25, 0.3) is 0 Å². The average Bonchev–Trinajstić information content (AvgIpc) is 2.94. The maximum Gasteiger partial charge on any atom is 0.416 e. The van der Waals surface area contributed by atoms with E-state index < -0.39 is 29.4 Å². The molecule has 29 heavy (non-hydrogen) atoms. The Balaban J connectivity index is 1.64. The number of hydrogen-bond donors (Lipinski definition) is 3. The zero-order valence-electron chi connectivity index (χ0n) is 16.1. The first-order chi connectivity index (χ1) is 13.7. The molecule has 0 spiro atoms. The van der Waals surface area contributed by atoms with Gasteiger partial charge >= 0.3 is 6.18 Å². The summed E-state index contributed by atoms with van der Waals surface area (Å²) in [6.45, 7) is 2.69. The Labute approximate surface area is 167 Å². The van der Waals surface area contributed by atoms with E-state index in [2.05, 4.69) is 10.3 Å². The number of aliphatic hydroxyl groups is 2. The third kappa shape index (κ3) is 5.68. The summed E-state index contributed by atoms with van der Waals surface area (Å²) in [4.78, 5) is 4.29. The molecular formula is C21H25F3N2O3. The van der Waals surface area contributed by atoms with Gasteiger partial charge in [-0.1, -0.05) is 24.3 Å². The Morgan fingerprint density at radius 3 is 2.48 bits per heavy atom. The highest BCUT2D eigenvalue weighted by atomic mass is 19.4. The summed E-state index contributed by atoms with van der Waals surface area (Å²) in [5, 5.41) is 23.2. The lowest BCUT2D eigenvalue weighted by molar-refractivity contribution is -0.137. The monoisotopic (exact) mass is 410 g/mol. The molecule has 1 unspecified atom stereocenters. The molecule has 1 aliphatic carbocycles. The van der Waals surface area contributed by atoms with Crippen LogP contribution >= 0.6 is 0 Å². The van der Waals surface area contributed by atoms with E-state index in [1.165, 1.54) is 6.07 Å². The second-order valence-corrected chi connectivity index (χ2v) is 7.75. The van der Waals surface area contributed by atoms with Crippen LogP contribution in [-0.2, 0) is 12.7 Å². The van der Waals surface area contributed by atoms with Crippen molar-refractivity contribution in [3.63, 3.8) is 0 Å². The molecule has 0 amide bonds. The number of ether oxygens (including phenoxy) is 1. The minimum atomic E-state index is -4.38. The molecule has 0 radical (unpaired) electrons. The van der Waals surface area contributed by atoms with Crippen LogP contribution in [0.4, 0.5) is 13.2 Å². The van der Waals surface area contributed by atoms with Crippen molar-refractivity contribution in [2.24, 2.45) is 5.41 Å². The lowest BCUT2D eigenvalue weighted by atomic mass is 9.86. The highest BCUT2D eigenvalue weighted by Crippen LogP contribution is 2.38. The molecule has 1 fully saturated rings. The fourth-order valence-corrected chi connectivity index (χ4v) is 3.71. The molecule has 1 aromatic heterocycles. The van der Waals surface area contributed by atoms with Crippen LogP contribution in [-0.4, -0.2) is 40.6 Å². The predicted molar refractivity (Wildman–Crippen MR) is 101 cm³/mol. The number of aromatic nitrogens is 1. The molecule has 5 nitrogen and oxygen atoms in total. The van der Waals surface area contributed by atoms with Gasteiger partial charge in [-0.15, -0.1) is 0 Å². The maximum absolute atomic E-state index is 12.9. The van der Waals surface area contributed by atoms with Gasteiger partial charge in [0.1, 0.15) is 0 Å². The average molecular weight is 410 g/mol. The summed E-state index contributed by atoms with van der Waals surface area (Å²) in [5.41, 5.74) is 0.0828. The van der Waals surface area contributed by atoms with E-state index in [4.69, 9.17) is 4.74 Å². The van der Waals surface area contributed by atoms with E-state index in [-0.39, 0.29) is 13.2 Å². The van der Waals surface area contributed by atoms with Crippen molar-refractivity contribution in [1.29, 1.82) is 0 Å². The van der Waals surface area contributed by atoms with Gasteiger partial charge in [0, 0.05) is 30.3 Å². The standard InChI is InChI=1S/C21H25F3N2O3/c1-14-4-2-7-19(26-14)29-13-20(9-17(27)18(28)10-20)12-25-11-15-5-3-6-16(8-15)21(22,23)24/h2-8,17-18,25,27-28H,9-13H2,1H3/t17-,18+,20?. The van der Waals surface area contributed by atoms with Crippen molar-refractivity contribution in [2.45, 2.75) is 44.7 Å². The van der Waals surface area contributed by atoms with Crippen LogP contribution in [0.25, 0.3) is 0 Å². The Morgan fingerprint density at radius 1 is 1.14 bits per heavy atom. The summed E-state index contributed by atoms with van der Waals surface area (Å²) < 4.78 is 44.4. The molecule has 1 aromatic carbocycles. The van der Waals surface area contributed by atoms with Gasteiger partial charge in [0.15, 0.2) is 0 Å². The van der Waals surface area contributed by atoms with Crippen LogP contribution in [0.15, 0.2) is 42.5 Å². The van der Waals surface area contributed by atoms with Crippen molar-refractivity contribution in [1.82, 2.24) is 10.3 Å². The molecule has 3 N–H and O–H groups in total. The molecule has 1 saturated carbocycles. The SMILES string of the molecule is Cc1cccc(OCC2(CNCc3cccc(C(F)(F)F)c3)C[C@@H](O)[C@@H](O)C2)n1. The number of halogens is 3. The second-order valence-electron chi connectivity index (χ2n) is 7.75. The van der Waals surface area contributed by atoms with Gasteiger partial charge in [-0.05, 0) is 37.5 Å². The van der Waals surface area contributed by atoms with Gasteiger partial charge in [0.2, 0.25) is 5.88 Å². The Morgan fingerprint density at radius 2 is 1.83 bits per heavy atom. The zero-order valence-corrected chi connectivity index (χ0v) is 16.1. The topological polar surface area (TPSA) is 74.6 Å². The zero-order chi connectivity index (χ0) is 21.1. The second kappa shape index (κ2) is 8.69. The number of hydrogen-bond acceptors (Lipinski definition) is 5. The molecule has 158 valence electrons. The number of nitrogens with one attached hydrogen (secondary N) is 1. The number of pyridine rings is 1. The summed E-state index contributed by atoms with van der Waals surface area (Å²) in [7, 11) is 0. The quantitative estimate of drug-likeness (QED) is 0.654. The molecule has 0 saturated heterocycles. The molecule has 0 bridgehead atoms. The van der Waals surface area contributed by atoms with Gasteiger partial charge < -0.3 is 20.3 Å². The normalized spacial score (nSPS) is 24.6. The van der Waals surface area contributed by atoms with Crippen LogP contribution in [0, 0.1) is 12.3 Å². The summed E-state index contributed by atoms with van der Waals surface area (Å²) in [6.07, 6.45) is -5.45. The van der Waals surface area contributed by atoms with Gasteiger partial charge in [-0.3, -0.25) is 0 Å². The Kier molecular flexibility index (Phi) is 6.45. The van der Waals surface area contributed by atoms with Crippen LogP contribution in [0.1, 0.15) is 29.7 Å². The lowest BCUT2D eigenvalue weighted by Crippen LogP contribution is -2.38. The number of aryl methyl sites for hydroxylation is 1. The van der Waals surface area contributed by atoms with E-state index in [9.17, 15) is 23.4 Å². The number of benzene rings is 1. The fourth-order valence-electron chi connectivity index (χ4n) is 3.71. The molecule has 1 heterocycles. The van der Waals surface area contributed by atoms with Crippen molar-refractivity contribution in [2.75, 3.05) is 13.2 Å². The highest BCUT2D eigenvalue weighted by Gasteiger charge is 2.44. The van der Waals surface area contributed by atoms with Gasteiger partial charge in [0.05, 0.1) is 24.4 Å². The van der Waals surface area contributed by atoms with Crippen LogP contribution in [0.5, 0.6) is 5.88 Å². The third-order valence-corrected chi connectivity index (χ3v) is 5.20. The number of aliphatic hydroxyl groups excluding tert-OH is 2. The number of nitrogens with zero attached hydrogens (tertiary/aromatic N) is 1. The Bertz CT molecular complexity index is 819. The summed E-state index contributed by atoms with van der Waals surface area (Å²) in [6, 6.07) is 10.6. The van der Waals surface area contributed by atoms with Gasteiger partial charge in [-0.2, -0.15) is 13.2 Å². The molecule has 1 aliphatic rings. The fraction of sp³-hybridized carbons (Fsp3) is 0.476. The van der Waals surface area contributed by atoms with E-state index in [1.54, 1.807) is 12.1 Å². The smallest absolute Gasteiger partial charge is 0.416 e. The van der Waals surface area contributed by atoms with Crippen LogP contribution < -0.4 is 10.1 Å². The Hall–Kier alpha value is -2.16. The molecule has 3 rings (SSSR count). The number of alkyl halides is 3. The van der Waals surface area contributed by atoms with Crippen molar-refractivity contribution >= 4 is 0 Å². The van der Waals surface area contributed by atoms with Crippen LogP contribution in [0.3, 0.4) is 0 Å². The summed E-state index contributed by atoms with van der Waals surface area (Å²) >= 11 is 0. The van der Waals surface area contributed by atoms with Crippen molar-refractivity contribution in [3.8, 4) is 5.88 Å². The predicted octanol–water partition coefficient (Wildman–Crippen LogP) is 3.08. The van der Waals surface area contributed by atoms with E-state index in [0.717, 1.165) is 17.8 Å². The number of rotatable bonds is 7. The third-order valence-electron chi connectivity index (χ3n) is 5.20. The van der Waals surface area contributed by atoms with Gasteiger partial charge in [-0.25, -0.2) is 4.98 Å². The summed E-state index contributed by atoms with van der Waals surface area (Å²) in [5.74, 6) is 0.457. The molecular weight excluding hydrogens is 385 g/mol. The molecule has 2 aromatic rings. The lowest BCUT2D eigenvalue weighted by Gasteiger charge is -2.29. The van der Waals surface area contributed by atoms with E-state index in [0.29, 0.717) is 30.8 Å². The first-order valence-corrected chi connectivity index (χ1v) is 9.46.